The van der Waals surface area contributed by atoms with Gasteiger partial charge in [-0.2, -0.15) is 5.10 Å². The van der Waals surface area contributed by atoms with Crippen molar-refractivity contribution in [1.82, 2.24) is 39.3 Å². The van der Waals surface area contributed by atoms with Gasteiger partial charge in [-0.25, -0.2) is 29.6 Å². The van der Waals surface area contributed by atoms with Crippen LogP contribution in [0.25, 0.3) is 22.2 Å². The van der Waals surface area contributed by atoms with Crippen LogP contribution in [0.5, 0.6) is 0 Å². The Balaban J connectivity index is 1.22. The number of phosphoric acid groups is 1. The number of nitrogens with zero attached hydrogens (tertiary/aromatic N) is 7. The molecule has 8 N–H and O–H groups in total. The molecule has 4 aromatic rings. The normalized spacial score (nSPS) is 30.7. The lowest BCUT2D eigenvalue weighted by Crippen LogP contribution is -2.36. The summed E-state index contributed by atoms with van der Waals surface area (Å²) in [6.45, 7) is -1.53. The number of imidazole rings is 2. The smallest absolute Gasteiger partial charge is 0.394 e. The number of nitrogens with one attached hydrogen (secondary N) is 1. The number of aliphatic hydroxyl groups excluding tert-OH is 3. The Kier molecular flexibility index (Phi) is 8.26. The molecule has 10 atom stereocenters. The lowest BCUT2D eigenvalue weighted by Gasteiger charge is -2.25. The summed E-state index contributed by atoms with van der Waals surface area (Å²) in [7, 11) is -8.41. The van der Waals surface area contributed by atoms with Crippen molar-refractivity contribution in [3.63, 3.8) is 0 Å². The Bertz CT molecular complexity index is 1800. The van der Waals surface area contributed by atoms with Gasteiger partial charge in [0.25, 0.3) is 5.56 Å². The van der Waals surface area contributed by atoms with Gasteiger partial charge in [0.05, 0.1) is 37.6 Å². The second-order valence-electron chi connectivity index (χ2n) is 9.60. The van der Waals surface area contributed by atoms with Crippen molar-refractivity contribution in [3.05, 3.63) is 35.5 Å². The number of rotatable bonds is 10. The molecule has 6 heterocycles. The number of aromatic amines is 1. The third kappa shape index (κ3) is 5.51. The number of ether oxygens (including phenoxy) is 2. The summed E-state index contributed by atoms with van der Waals surface area (Å²) in [6.07, 6.45) is -7.14. The fourth-order valence-corrected chi connectivity index (χ4v) is 6.41. The lowest BCUT2D eigenvalue weighted by molar-refractivity contribution is -0.0608. The number of aromatic nitrogens is 8. The molecule has 0 amide bonds. The third-order valence-electron chi connectivity index (χ3n) is 7.01. The molecule has 0 radical (unpaired) electrons. The minimum atomic E-state index is -5.13. The van der Waals surface area contributed by atoms with E-state index < -0.39 is 83.9 Å². The Hall–Kier alpha value is -3.37. The first-order valence-corrected chi connectivity index (χ1v) is 15.2. The predicted octanol–water partition coefficient (Wildman–Crippen LogP) is -2.41. The number of phosphoric ester groups is 1. The van der Waals surface area contributed by atoms with Crippen LogP contribution in [0.1, 0.15) is 12.5 Å². The molecule has 2 fully saturated rings. The summed E-state index contributed by atoms with van der Waals surface area (Å²) in [5.41, 5.74) is 5.58. The van der Waals surface area contributed by atoms with E-state index in [0.29, 0.717) is 0 Å². The van der Waals surface area contributed by atoms with Crippen LogP contribution in [0.15, 0.2) is 30.0 Å². The van der Waals surface area contributed by atoms with Gasteiger partial charge in [-0.05, 0) is 0 Å². The highest BCUT2D eigenvalue weighted by atomic mass is 31.2. The summed E-state index contributed by atoms with van der Waals surface area (Å²) in [4.78, 5) is 48.0. The predicted molar refractivity (Wildman–Crippen MR) is 140 cm³/mol. The highest BCUT2D eigenvalue weighted by molar-refractivity contribution is 7.47. The monoisotopic (exact) mass is 660 g/mol. The Morgan fingerprint density at radius 2 is 1.77 bits per heavy atom. The molecule has 2 unspecified atom stereocenters. The number of hydrogen-bond donors (Lipinski definition) is 7. The Morgan fingerprint density at radius 3 is 2.52 bits per heavy atom. The molecule has 24 heteroatoms. The fraction of sp³-hybridized carbons (Fsp3) is 0.500. The van der Waals surface area contributed by atoms with E-state index in [0.717, 1.165) is 12.7 Å². The quantitative estimate of drug-likeness (QED) is 0.0871. The zero-order valence-electron chi connectivity index (χ0n) is 21.9. The summed E-state index contributed by atoms with van der Waals surface area (Å²) in [6, 6.07) is 0. The average Bonchev–Trinajstić information content (AvgIpc) is 3.74. The second kappa shape index (κ2) is 11.9. The van der Waals surface area contributed by atoms with Gasteiger partial charge in [0, 0.05) is 4.57 Å². The molecule has 0 spiro atoms. The number of nitrogen functional groups attached to an aromatic ring is 1. The standard InChI is InChI=1S/C20H23N9O13P2/c21-16-11-17(23-4-22-16)29(6-25-11)19-13(32)14(41-43(34)35)9(40-19)3-38-44(36,37)42-15-12(31)8(2-30)39-20(15)28-5-24-10-7(28)1-26-27-18(10)33/h1,4-6,8-9,12-15,19-20,30-32H,2-3H2,(H4-,21,22,23,27,33,34,35,36,37)/p+1/t8-,9-,12-,13-,14-,15-,19-,20-/m1/s1. The van der Waals surface area contributed by atoms with E-state index in [9.17, 15) is 39.0 Å². The van der Waals surface area contributed by atoms with Crippen LogP contribution in [-0.4, -0.2) is 114 Å². The number of nitrogens with two attached hydrogens (primary N) is 1. The summed E-state index contributed by atoms with van der Waals surface area (Å²) < 4.78 is 53.8. The van der Waals surface area contributed by atoms with Crippen LogP contribution in [0.4, 0.5) is 5.82 Å². The number of fused-ring (bicyclic) bond motifs is 2. The van der Waals surface area contributed by atoms with E-state index >= 15 is 0 Å². The molecule has 44 heavy (non-hydrogen) atoms. The minimum Gasteiger partial charge on any atom is -0.394 e. The topological polar surface area (TPSA) is 315 Å². The van der Waals surface area contributed by atoms with Crippen molar-refractivity contribution < 1.29 is 57.3 Å². The van der Waals surface area contributed by atoms with Crippen LogP contribution in [0.3, 0.4) is 0 Å². The van der Waals surface area contributed by atoms with Crippen molar-refractivity contribution in [1.29, 1.82) is 0 Å². The van der Waals surface area contributed by atoms with Crippen molar-refractivity contribution in [2.75, 3.05) is 18.9 Å². The van der Waals surface area contributed by atoms with E-state index in [4.69, 9.17) is 28.8 Å². The molecule has 2 aliphatic rings. The molecule has 4 aromatic heterocycles. The fourth-order valence-electron chi connectivity index (χ4n) is 5.01. The van der Waals surface area contributed by atoms with Crippen molar-refractivity contribution in [3.8, 4) is 0 Å². The van der Waals surface area contributed by atoms with Crippen molar-refractivity contribution >= 4 is 44.1 Å². The van der Waals surface area contributed by atoms with Crippen molar-refractivity contribution in [2.24, 2.45) is 0 Å². The first-order valence-electron chi connectivity index (χ1n) is 12.6. The Labute approximate surface area is 244 Å². The van der Waals surface area contributed by atoms with Gasteiger partial charge in [0.15, 0.2) is 35.5 Å². The molecule has 0 aliphatic carbocycles. The van der Waals surface area contributed by atoms with E-state index in [-0.39, 0.29) is 28.0 Å². The number of H-pyrrole nitrogens is 1. The maximum absolute atomic E-state index is 13.1. The van der Waals surface area contributed by atoms with E-state index in [2.05, 4.69) is 30.1 Å². The van der Waals surface area contributed by atoms with E-state index in [1.807, 2.05) is 0 Å². The Morgan fingerprint density at radius 1 is 1.05 bits per heavy atom. The summed E-state index contributed by atoms with van der Waals surface area (Å²) in [5.74, 6) is 0.0392. The largest absolute Gasteiger partial charge is 0.695 e. The van der Waals surface area contributed by atoms with Gasteiger partial charge >= 0.3 is 16.1 Å². The molecule has 0 saturated carbocycles. The van der Waals surface area contributed by atoms with Crippen LogP contribution >= 0.6 is 16.1 Å². The molecule has 22 nitrogen and oxygen atoms in total. The molecule has 236 valence electrons. The van der Waals surface area contributed by atoms with Gasteiger partial charge < -0.3 is 35.4 Å². The van der Waals surface area contributed by atoms with Gasteiger partial charge in [0.2, 0.25) is 0 Å². The number of anilines is 1. The summed E-state index contributed by atoms with van der Waals surface area (Å²) >= 11 is 0. The maximum atomic E-state index is 13.1. The third-order valence-corrected chi connectivity index (χ3v) is 8.42. The molecular weight excluding hydrogens is 636 g/mol. The first kappa shape index (κ1) is 30.6. The average molecular weight is 660 g/mol. The molecule has 0 aromatic carbocycles. The van der Waals surface area contributed by atoms with Crippen LogP contribution in [0, 0.1) is 0 Å². The first-order chi connectivity index (χ1) is 21.0. The zero-order valence-corrected chi connectivity index (χ0v) is 23.7. The molecular formula is C20H24N9O13P2+. The molecule has 2 aliphatic heterocycles. The number of aliphatic hydroxyl groups is 3. The van der Waals surface area contributed by atoms with E-state index in [1.54, 1.807) is 0 Å². The van der Waals surface area contributed by atoms with Crippen LogP contribution < -0.4 is 11.3 Å². The van der Waals surface area contributed by atoms with Crippen LogP contribution in [-0.2, 0) is 32.2 Å². The maximum Gasteiger partial charge on any atom is 0.695 e. The molecule has 2 saturated heterocycles. The zero-order chi connectivity index (χ0) is 31.3. The van der Waals surface area contributed by atoms with Gasteiger partial charge in [-0.15, -0.1) is 9.42 Å². The van der Waals surface area contributed by atoms with Crippen molar-refractivity contribution in [2.45, 2.75) is 49.1 Å². The second-order valence-corrected chi connectivity index (χ2v) is 11.7. The highest BCUT2D eigenvalue weighted by Crippen LogP contribution is 2.50. The molecule has 6 rings (SSSR count). The highest BCUT2D eigenvalue weighted by Gasteiger charge is 2.53. The summed E-state index contributed by atoms with van der Waals surface area (Å²) in [5, 5.41) is 37.2. The van der Waals surface area contributed by atoms with Gasteiger partial charge in [-0.1, -0.05) is 0 Å². The van der Waals surface area contributed by atoms with Gasteiger partial charge in [0.1, 0.15) is 42.4 Å². The van der Waals surface area contributed by atoms with Crippen LogP contribution in [0.2, 0.25) is 0 Å². The van der Waals surface area contributed by atoms with Gasteiger partial charge in [-0.3, -0.25) is 23.0 Å². The number of hydrogen-bond acceptors (Lipinski definition) is 17. The molecule has 0 bridgehead atoms. The SMILES string of the molecule is Nc1ncnc2c1ncn2[C@@H]1O[C@H](COP(=O)(O)O[C@@H]2[C@H](O)[C@@H](CO)O[C@H]2n2cnc3c(=O)[nH]ncc32)[C@@H](O[P+](=O)O)[C@H]1O. The lowest BCUT2D eigenvalue weighted by atomic mass is 10.1. The minimum absolute atomic E-state index is 0.0392. The van der Waals surface area contributed by atoms with E-state index in [1.165, 1.54) is 21.7 Å².